The van der Waals surface area contributed by atoms with Gasteiger partial charge < -0.3 is 20.3 Å². The van der Waals surface area contributed by atoms with Gasteiger partial charge in [-0.2, -0.15) is 0 Å². The van der Waals surface area contributed by atoms with E-state index in [4.69, 9.17) is 21.5 Å². The number of carbonyl (C=O) groups is 3. The molecule has 32 heavy (non-hydrogen) atoms. The van der Waals surface area contributed by atoms with Crippen LogP contribution in [-0.4, -0.2) is 54.2 Å². The van der Waals surface area contributed by atoms with Crippen molar-refractivity contribution in [2.45, 2.75) is 52.0 Å². The average Bonchev–Trinajstić information content (AvgIpc) is 3.28. The van der Waals surface area contributed by atoms with Gasteiger partial charge in [0.1, 0.15) is 18.3 Å². The van der Waals surface area contributed by atoms with Crippen LogP contribution in [0.2, 0.25) is 5.02 Å². The zero-order chi connectivity index (χ0) is 23.7. The van der Waals surface area contributed by atoms with Crippen molar-refractivity contribution >= 4 is 35.1 Å². The van der Waals surface area contributed by atoms with E-state index in [0.29, 0.717) is 28.9 Å². The molecule has 0 saturated heterocycles. The monoisotopic (exact) mass is 468 g/mol. The molecule has 0 bridgehead atoms. The van der Waals surface area contributed by atoms with Crippen LogP contribution in [-0.2, 0) is 9.59 Å². The van der Waals surface area contributed by atoms with Crippen molar-refractivity contribution in [2.24, 2.45) is 11.8 Å². The minimum atomic E-state index is -0.866. The molecule has 0 aliphatic heterocycles. The standard InChI is InChI=1S/C22H33ClN4O5/c1-14(2)20(25-22(30)24-17-12-16(23)8-9-18(17)32-3)21(29)27(13-19(28)26-31)11-10-15-6-4-5-7-15/h8-9,12,14-15,20,31H,4-7,10-11,13H2,1-3H3,(H,26,28)(H2,24,25,30). The van der Waals surface area contributed by atoms with Gasteiger partial charge in [0.15, 0.2) is 0 Å². The molecule has 178 valence electrons. The van der Waals surface area contributed by atoms with Crippen LogP contribution in [0.15, 0.2) is 18.2 Å². The van der Waals surface area contributed by atoms with Crippen molar-refractivity contribution in [1.29, 1.82) is 0 Å². The minimum Gasteiger partial charge on any atom is -0.495 e. The van der Waals surface area contributed by atoms with Gasteiger partial charge in [-0.1, -0.05) is 51.1 Å². The van der Waals surface area contributed by atoms with E-state index in [2.05, 4.69) is 10.6 Å². The lowest BCUT2D eigenvalue weighted by molar-refractivity contribution is -0.141. The van der Waals surface area contributed by atoms with Crippen LogP contribution in [0.25, 0.3) is 0 Å². The van der Waals surface area contributed by atoms with Crippen LogP contribution in [0.5, 0.6) is 5.75 Å². The number of hydrogen-bond acceptors (Lipinski definition) is 5. The summed E-state index contributed by atoms with van der Waals surface area (Å²) in [5, 5.41) is 14.7. The van der Waals surface area contributed by atoms with E-state index in [9.17, 15) is 14.4 Å². The van der Waals surface area contributed by atoms with Crippen LogP contribution in [0, 0.1) is 11.8 Å². The summed E-state index contributed by atoms with van der Waals surface area (Å²) in [6.07, 6.45) is 5.37. The second-order valence-electron chi connectivity index (χ2n) is 8.40. The van der Waals surface area contributed by atoms with Crippen molar-refractivity contribution in [3.05, 3.63) is 23.2 Å². The Balaban J connectivity index is 2.10. The molecule has 1 aromatic carbocycles. The lowest BCUT2D eigenvalue weighted by Gasteiger charge is -2.30. The first-order chi connectivity index (χ1) is 15.2. The summed E-state index contributed by atoms with van der Waals surface area (Å²) in [6.45, 7) is 3.72. The molecule has 0 heterocycles. The zero-order valence-electron chi connectivity index (χ0n) is 18.8. The van der Waals surface area contributed by atoms with Gasteiger partial charge in [0, 0.05) is 11.6 Å². The van der Waals surface area contributed by atoms with Crippen molar-refractivity contribution in [1.82, 2.24) is 15.7 Å². The molecule has 1 unspecified atom stereocenters. The highest BCUT2D eigenvalue weighted by Gasteiger charge is 2.30. The van der Waals surface area contributed by atoms with Gasteiger partial charge >= 0.3 is 6.03 Å². The summed E-state index contributed by atoms with van der Waals surface area (Å²) in [7, 11) is 1.47. The number of methoxy groups -OCH3 is 1. The number of amides is 4. The van der Waals surface area contributed by atoms with Gasteiger partial charge in [-0.05, 0) is 36.5 Å². The molecular formula is C22H33ClN4O5. The molecule has 1 saturated carbocycles. The largest absolute Gasteiger partial charge is 0.495 e. The maximum absolute atomic E-state index is 13.3. The van der Waals surface area contributed by atoms with Gasteiger partial charge in [0.05, 0.1) is 12.8 Å². The van der Waals surface area contributed by atoms with Gasteiger partial charge in [0.25, 0.3) is 5.91 Å². The highest BCUT2D eigenvalue weighted by Crippen LogP contribution is 2.28. The second kappa shape index (κ2) is 12.5. The Morgan fingerprint density at radius 3 is 2.53 bits per heavy atom. The number of urea groups is 1. The van der Waals surface area contributed by atoms with Crippen LogP contribution in [0.4, 0.5) is 10.5 Å². The van der Waals surface area contributed by atoms with Crippen molar-refractivity contribution in [2.75, 3.05) is 25.5 Å². The lowest BCUT2D eigenvalue weighted by Crippen LogP contribution is -2.54. The van der Waals surface area contributed by atoms with Crippen molar-refractivity contribution in [3.63, 3.8) is 0 Å². The number of anilines is 1. The van der Waals surface area contributed by atoms with Crippen LogP contribution in [0.3, 0.4) is 0 Å². The fraction of sp³-hybridized carbons (Fsp3) is 0.591. The molecule has 1 atom stereocenters. The Kier molecular flexibility index (Phi) is 10.1. The maximum Gasteiger partial charge on any atom is 0.320 e. The molecule has 2 rings (SSSR count). The van der Waals surface area contributed by atoms with Crippen LogP contribution < -0.4 is 20.9 Å². The Morgan fingerprint density at radius 2 is 1.94 bits per heavy atom. The number of benzene rings is 1. The van der Waals surface area contributed by atoms with Crippen LogP contribution >= 0.6 is 11.6 Å². The van der Waals surface area contributed by atoms with Crippen LogP contribution in [0.1, 0.15) is 46.0 Å². The Morgan fingerprint density at radius 1 is 1.25 bits per heavy atom. The molecule has 1 fully saturated rings. The third-order valence-electron chi connectivity index (χ3n) is 5.68. The van der Waals surface area contributed by atoms with E-state index >= 15 is 0 Å². The molecule has 4 N–H and O–H groups in total. The Hall–Kier alpha value is -2.52. The van der Waals surface area contributed by atoms with Gasteiger partial charge in [-0.15, -0.1) is 0 Å². The van der Waals surface area contributed by atoms with Crippen molar-refractivity contribution in [3.8, 4) is 5.75 Å². The molecule has 1 aromatic rings. The number of hydroxylamine groups is 1. The van der Waals surface area contributed by atoms with E-state index < -0.39 is 18.0 Å². The van der Waals surface area contributed by atoms with E-state index in [1.54, 1.807) is 23.7 Å². The summed E-state index contributed by atoms with van der Waals surface area (Å²) in [6, 6.07) is 3.35. The molecular weight excluding hydrogens is 436 g/mol. The second-order valence-corrected chi connectivity index (χ2v) is 8.84. The number of hydrogen-bond donors (Lipinski definition) is 4. The average molecular weight is 469 g/mol. The molecule has 1 aliphatic carbocycles. The fourth-order valence-corrected chi connectivity index (χ4v) is 4.07. The molecule has 0 radical (unpaired) electrons. The minimum absolute atomic E-state index is 0.235. The smallest absolute Gasteiger partial charge is 0.320 e. The number of rotatable bonds is 10. The number of ether oxygens (including phenoxy) is 1. The number of nitrogens with one attached hydrogen (secondary N) is 3. The SMILES string of the molecule is COc1ccc(Cl)cc1NC(=O)NC(C(=O)N(CCC1CCCC1)CC(=O)NO)C(C)C. The predicted molar refractivity (Wildman–Crippen MR) is 122 cm³/mol. The third-order valence-corrected chi connectivity index (χ3v) is 5.92. The Labute approximate surface area is 193 Å². The number of halogens is 1. The lowest BCUT2D eigenvalue weighted by atomic mass is 10.0. The molecule has 0 spiro atoms. The summed E-state index contributed by atoms with van der Waals surface area (Å²) in [4.78, 5) is 39.1. The first kappa shape index (κ1) is 25.7. The topological polar surface area (TPSA) is 120 Å². The maximum atomic E-state index is 13.3. The highest BCUT2D eigenvalue weighted by atomic mass is 35.5. The number of carbonyl (C=O) groups excluding carboxylic acids is 3. The molecule has 0 aromatic heterocycles. The summed E-state index contributed by atoms with van der Waals surface area (Å²) >= 11 is 6.01. The first-order valence-electron chi connectivity index (χ1n) is 10.9. The fourth-order valence-electron chi connectivity index (χ4n) is 3.90. The molecule has 9 nitrogen and oxygen atoms in total. The molecule has 1 aliphatic rings. The Bertz CT molecular complexity index is 799. The molecule has 10 heteroatoms. The van der Waals surface area contributed by atoms with Gasteiger partial charge in [-0.3, -0.25) is 14.8 Å². The highest BCUT2D eigenvalue weighted by molar-refractivity contribution is 6.31. The normalized spacial score (nSPS) is 14.7. The third kappa shape index (κ3) is 7.56. The van der Waals surface area contributed by atoms with Gasteiger partial charge in [0.2, 0.25) is 5.91 Å². The van der Waals surface area contributed by atoms with E-state index in [-0.39, 0.29) is 18.4 Å². The summed E-state index contributed by atoms with van der Waals surface area (Å²) in [5.74, 6) is -0.350. The van der Waals surface area contributed by atoms with E-state index in [1.807, 2.05) is 13.8 Å². The van der Waals surface area contributed by atoms with E-state index in [0.717, 1.165) is 19.3 Å². The van der Waals surface area contributed by atoms with Crippen molar-refractivity contribution < 1.29 is 24.3 Å². The predicted octanol–water partition coefficient (Wildman–Crippen LogP) is 3.41. The first-order valence-corrected chi connectivity index (χ1v) is 11.3. The quantitative estimate of drug-likeness (QED) is 0.310. The van der Waals surface area contributed by atoms with Gasteiger partial charge in [-0.25, -0.2) is 10.3 Å². The summed E-state index contributed by atoms with van der Waals surface area (Å²) < 4.78 is 5.23. The van der Waals surface area contributed by atoms with E-state index in [1.165, 1.54) is 24.9 Å². The number of nitrogens with zero attached hydrogens (tertiary/aromatic N) is 1. The zero-order valence-corrected chi connectivity index (χ0v) is 19.6. The summed E-state index contributed by atoms with van der Waals surface area (Å²) in [5.41, 5.74) is 1.94. The molecule has 4 amide bonds.